The number of sulfonamides is 1. The van der Waals surface area contributed by atoms with Crippen molar-refractivity contribution in [3.8, 4) is 17.2 Å². The van der Waals surface area contributed by atoms with E-state index < -0.39 is 10.0 Å². The maximum atomic E-state index is 12.3. The molecule has 0 unspecified atom stereocenters. The molecule has 0 bridgehead atoms. The van der Waals surface area contributed by atoms with Crippen molar-refractivity contribution in [1.29, 1.82) is 0 Å². The van der Waals surface area contributed by atoms with E-state index in [1.54, 1.807) is 25.3 Å². The number of aryl methyl sites for hydroxylation is 1. The highest BCUT2D eigenvalue weighted by atomic mass is 32.2. The van der Waals surface area contributed by atoms with E-state index in [1.807, 2.05) is 24.3 Å². The Morgan fingerprint density at radius 1 is 1.09 bits per heavy atom. The van der Waals surface area contributed by atoms with E-state index in [0.717, 1.165) is 30.4 Å². The second-order valence-corrected chi connectivity index (χ2v) is 9.44. The summed E-state index contributed by atoms with van der Waals surface area (Å²) in [5, 5.41) is 2.90. The predicted molar refractivity (Wildman–Crippen MR) is 123 cm³/mol. The maximum absolute atomic E-state index is 12.3. The predicted octanol–water partition coefficient (Wildman–Crippen LogP) is 2.76. The lowest BCUT2D eigenvalue weighted by molar-refractivity contribution is -0.121. The van der Waals surface area contributed by atoms with Crippen molar-refractivity contribution < 1.29 is 27.4 Å². The SMILES string of the molecule is COc1ccccc1CCCNC(=O)CCCN(c1ccc2c(c1)OCCO2)S(C)(=O)=O. The van der Waals surface area contributed by atoms with Gasteiger partial charge in [-0.25, -0.2) is 8.42 Å². The van der Waals surface area contributed by atoms with Crippen LogP contribution in [0.25, 0.3) is 0 Å². The van der Waals surface area contributed by atoms with E-state index in [1.165, 1.54) is 4.31 Å². The molecule has 1 N–H and O–H groups in total. The van der Waals surface area contributed by atoms with E-state index >= 15 is 0 Å². The van der Waals surface area contributed by atoms with Gasteiger partial charge in [0.1, 0.15) is 19.0 Å². The highest BCUT2D eigenvalue weighted by Crippen LogP contribution is 2.34. The number of para-hydroxylation sites is 1. The summed E-state index contributed by atoms with van der Waals surface area (Å²) < 4.78 is 42.3. The van der Waals surface area contributed by atoms with Crippen molar-refractivity contribution in [1.82, 2.24) is 5.32 Å². The topological polar surface area (TPSA) is 94.2 Å². The number of nitrogens with one attached hydrogen (secondary N) is 1. The fourth-order valence-electron chi connectivity index (χ4n) is 3.56. The molecule has 2 aromatic carbocycles. The van der Waals surface area contributed by atoms with Crippen LogP contribution in [0.15, 0.2) is 42.5 Å². The smallest absolute Gasteiger partial charge is 0.232 e. The second-order valence-electron chi connectivity index (χ2n) is 7.53. The normalized spacial score (nSPS) is 12.8. The van der Waals surface area contributed by atoms with Gasteiger partial charge in [-0.1, -0.05) is 18.2 Å². The molecule has 8 nitrogen and oxygen atoms in total. The van der Waals surface area contributed by atoms with Crippen molar-refractivity contribution in [2.24, 2.45) is 0 Å². The molecule has 1 amide bonds. The van der Waals surface area contributed by atoms with Gasteiger partial charge in [0.25, 0.3) is 0 Å². The summed E-state index contributed by atoms with van der Waals surface area (Å²) in [5.41, 5.74) is 1.60. The lowest BCUT2D eigenvalue weighted by Crippen LogP contribution is -2.32. The number of hydrogen-bond donors (Lipinski definition) is 1. The quantitative estimate of drug-likeness (QED) is 0.516. The summed E-state index contributed by atoms with van der Waals surface area (Å²) in [6.45, 7) is 1.64. The zero-order chi connectivity index (χ0) is 23.0. The molecule has 1 aliphatic heterocycles. The number of carbonyl (C=O) groups is 1. The summed E-state index contributed by atoms with van der Waals surface area (Å²) in [4.78, 5) is 12.2. The monoisotopic (exact) mass is 462 g/mol. The van der Waals surface area contributed by atoms with Crippen LogP contribution in [0.3, 0.4) is 0 Å². The van der Waals surface area contributed by atoms with Gasteiger partial charge in [0.05, 0.1) is 19.1 Å². The van der Waals surface area contributed by atoms with Gasteiger partial charge in [0.15, 0.2) is 11.5 Å². The number of methoxy groups -OCH3 is 1. The minimum atomic E-state index is -3.51. The molecular weight excluding hydrogens is 432 g/mol. The first-order valence-corrected chi connectivity index (χ1v) is 12.5. The molecule has 0 atom stereocenters. The number of nitrogens with zero attached hydrogens (tertiary/aromatic N) is 1. The number of rotatable bonds is 11. The van der Waals surface area contributed by atoms with Crippen LogP contribution in [0.2, 0.25) is 0 Å². The van der Waals surface area contributed by atoms with E-state index in [9.17, 15) is 13.2 Å². The molecular formula is C23H30N2O6S. The zero-order valence-electron chi connectivity index (χ0n) is 18.5. The van der Waals surface area contributed by atoms with Crippen LogP contribution in [0, 0.1) is 0 Å². The molecule has 3 rings (SSSR count). The molecule has 174 valence electrons. The van der Waals surface area contributed by atoms with Crippen molar-refractivity contribution in [3.63, 3.8) is 0 Å². The van der Waals surface area contributed by atoms with Crippen LogP contribution in [-0.2, 0) is 21.2 Å². The number of ether oxygens (including phenoxy) is 3. The van der Waals surface area contributed by atoms with E-state index in [0.29, 0.717) is 43.4 Å². The Kier molecular flexibility index (Phi) is 8.21. The number of benzene rings is 2. The average Bonchev–Trinajstić information content (AvgIpc) is 2.78. The van der Waals surface area contributed by atoms with E-state index in [4.69, 9.17) is 14.2 Å². The van der Waals surface area contributed by atoms with Crippen LogP contribution in [0.5, 0.6) is 17.2 Å². The van der Waals surface area contributed by atoms with Crippen molar-refractivity contribution in [3.05, 3.63) is 48.0 Å². The molecule has 0 spiro atoms. The Labute approximate surface area is 189 Å². The number of anilines is 1. The summed E-state index contributed by atoms with van der Waals surface area (Å²) in [6, 6.07) is 12.9. The van der Waals surface area contributed by atoms with Gasteiger partial charge in [0.2, 0.25) is 15.9 Å². The molecule has 9 heteroatoms. The minimum Gasteiger partial charge on any atom is -0.496 e. The highest BCUT2D eigenvalue weighted by Gasteiger charge is 2.21. The summed E-state index contributed by atoms with van der Waals surface area (Å²) in [5.74, 6) is 1.87. The number of fused-ring (bicyclic) bond motifs is 1. The molecule has 0 saturated heterocycles. The van der Waals surface area contributed by atoms with Crippen LogP contribution in [0.1, 0.15) is 24.8 Å². The van der Waals surface area contributed by atoms with Crippen LogP contribution >= 0.6 is 0 Å². The lowest BCUT2D eigenvalue weighted by atomic mass is 10.1. The third-order valence-corrected chi connectivity index (χ3v) is 6.31. The number of carbonyl (C=O) groups excluding carboxylic acids is 1. The Bertz CT molecular complexity index is 1020. The van der Waals surface area contributed by atoms with Gasteiger partial charge in [-0.05, 0) is 43.0 Å². The first kappa shape index (κ1) is 23.7. The minimum absolute atomic E-state index is 0.0966. The molecule has 2 aromatic rings. The van der Waals surface area contributed by atoms with Crippen molar-refractivity contribution in [2.75, 3.05) is 44.0 Å². The Morgan fingerprint density at radius 2 is 1.84 bits per heavy atom. The van der Waals surface area contributed by atoms with Crippen LogP contribution in [-0.4, -0.2) is 54.0 Å². The molecule has 0 aromatic heterocycles. The fraction of sp³-hybridized carbons (Fsp3) is 0.435. The maximum Gasteiger partial charge on any atom is 0.232 e. The molecule has 0 fully saturated rings. The second kappa shape index (κ2) is 11.1. The van der Waals surface area contributed by atoms with Gasteiger partial charge in [-0.3, -0.25) is 9.10 Å². The third kappa shape index (κ3) is 6.53. The number of hydrogen-bond acceptors (Lipinski definition) is 6. The molecule has 1 aliphatic rings. The van der Waals surface area contributed by atoms with Gasteiger partial charge in [-0.15, -0.1) is 0 Å². The fourth-order valence-corrected chi connectivity index (χ4v) is 4.52. The molecule has 0 aliphatic carbocycles. The standard InChI is InChI=1S/C23H30N2O6S/c1-29-20-9-4-3-7-18(20)8-5-13-24-23(26)10-6-14-25(32(2,27)28)19-11-12-21-22(17-19)31-16-15-30-21/h3-4,7,9,11-12,17H,5-6,8,10,13-16H2,1-2H3,(H,24,26). The zero-order valence-corrected chi connectivity index (χ0v) is 19.3. The summed E-state index contributed by atoms with van der Waals surface area (Å²) >= 11 is 0. The average molecular weight is 463 g/mol. The first-order chi connectivity index (χ1) is 15.4. The summed E-state index contributed by atoms with van der Waals surface area (Å²) in [6.07, 6.45) is 3.39. The van der Waals surface area contributed by atoms with Gasteiger partial charge in [-0.2, -0.15) is 0 Å². The Balaban J connectivity index is 1.46. The number of amides is 1. The van der Waals surface area contributed by atoms with Gasteiger partial charge in [0, 0.05) is 25.6 Å². The lowest BCUT2D eigenvalue weighted by Gasteiger charge is -2.25. The molecule has 0 radical (unpaired) electrons. The van der Waals surface area contributed by atoms with Crippen LogP contribution in [0.4, 0.5) is 5.69 Å². The Morgan fingerprint density at radius 3 is 2.59 bits per heavy atom. The largest absolute Gasteiger partial charge is 0.496 e. The molecule has 1 heterocycles. The first-order valence-electron chi connectivity index (χ1n) is 10.6. The highest BCUT2D eigenvalue weighted by molar-refractivity contribution is 7.92. The summed E-state index contributed by atoms with van der Waals surface area (Å²) in [7, 11) is -1.86. The molecule has 32 heavy (non-hydrogen) atoms. The van der Waals surface area contributed by atoms with E-state index in [2.05, 4.69) is 5.32 Å². The van der Waals surface area contributed by atoms with Gasteiger partial charge < -0.3 is 19.5 Å². The Hall–Kier alpha value is -2.94. The van der Waals surface area contributed by atoms with Crippen LogP contribution < -0.4 is 23.8 Å². The van der Waals surface area contributed by atoms with Gasteiger partial charge >= 0.3 is 0 Å². The van der Waals surface area contributed by atoms with E-state index in [-0.39, 0.29) is 18.9 Å². The third-order valence-electron chi connectivity index (χ3n) is 5.12. The molecule has 0 saturated carbocycles. The van der Waals surface area contributed by atoms with Crippen molar-refractivity contribution in [2.45, 2.75) is 25.7 Å². The van der Waals surface area contributed by atoms with Crippen molar-refractivity contribution >= 4 is 21.6 Å².